The molecule has 0 N–H and O–H groups in total. The molecule has 2 amide bonds. The highest BCUT2D eigenvalue weighted by Gasteiger charge is 2.41. The van der Waals surface area contributed by atoms with Gasteiger partial charge in [-0.05, 0) is 20.3 Å². The molecule has 1 saturated heterocycles. The molecule has 0 aliphatic carbocycles. The zero-order valence-electron chi connectivity index (χ0n) is 15.1. The normalized spacial score (nSPS) is 23.0. The van der Waals surface area contributed by atoms with Crippen LogP contribution in [0.2, 0.25) is 0 Å². The van der Waals surface area contributed by atoms with Crippen LogP contribution in [0.4, 0.5) is 0 Å². The quantitative estimate of drug-likeness (QED) is 0.568. The van der Waals surface area contributed by atoms with Crippen LogP contribution in [-0.4, -0.2) is 73.3 Å². The summed E-state index contributed by atoms with van der Waals surface area (Å²) in [6.45, 7) is 8.74. The Morgan fingerprint density at radius 1 is 1.21 bits per heavy atom. The van der Waals surface area contributed by atoms with Crippen LogP contribution in [0.25, 0.3) is 0 Å². The fraction of sp³-hybridized carbons (Fsp3) is 0.857. The summed E-state index contributed by atoms with van der Waals surface area (Å²) in [4.78, 5) is 27.3. The molecule has 0 spiro atoms. The second-order valence-electron chi connectivity index (χ2n) is 6.04. The van der Waals surface area contributed by atoms with Crippen molar-refractivity contribution in [3.05, 3.63) is 0 Å². The molecule has 0 radical (unpaired) electrons. The zero-order valence-corrected chi connectivity index (χ0v) is 16.8. The van der Waals surface area contributed by atoms with Gasteiger partial charge in [-0.25, -0.2) is 0 Å². The minimum atomic E-state index is -3.00. The maximum atomic E-state index is 12.6. The van der Waals surface area contributed by atoms with Crippen molar-refractivity contribution < 1.29 is 27.8 Å². The summed E-state index contributed by atoms with van der Waals surface area (Å²) in [5.41, 5.74) is 0. The zero-order chi connectivity index (χ0) is 18.5. The number of hydrogen-bond donors (Lipinski definition) is 0. The molecule has 3 unspecified atom stereocenters. The van der Waals surface area contributed by atoms with E-state index in [1.165, 1.54) is 30.1 Å². The molecule has 140 valence electrons. The van der Waals surface area contributed by atoms with Gasteiger partial charge in [0, 0.05) is 26.8 Å². The van der Waals surface area contributed by atoms with Crippen molar-refractivity contribution in [1.82, 2.24) is 9.80 Å². The Balaban J connectivity index is 2.85. The smallest absolute Gasteiger partial charge is 0.245 e. The average Bonchev–Trinajstić information content (AvgIpc) is 2.76. The Labute approximate surface area is 143 Å². The van der Waals surface area contributed by atoms with Crippen molar-refractivity contribution in [3.8, 4) is 0 Å². The second kappa shape index (κ2) is 8.61. The van der Waals surface area contributed by atoms with E-state index in [0.717, 1.165) is 0 Å². The summed E-state index contributed by atoms with van der Waals surface area (Å²) in [5.74, 6) is -0.620. The first-order chi connectivity index (χ1) is 11.0. The number of carbonyl (C=O) groups is 2. The monoisotopic (exact) mass is 382 g/mol. The first kappa shape index (κ1) is 21.4. The van der Waals surface area contributed by atoms with Crippen LogP contribution in [0.15, 0.2) is 0 Å². The summed E-state index contributed by atoms with van der Waals surface area (Å²) in [6, 6.07) is -0.696. The minimum Gasteiger partial charge on any atom is -0.331 e. The number of carbonyl (C=O) groups excluding carboxylic acids is 2. The fourth-order valence-electron chi connectivity index (χ4n) is 2.78. The van der Waals surface area contributed by atoms with Crippen molar-refractivity contribution in [2.24, 2.45) is 0 Å². The highest BCUT2D eigenvalue weighted by Crippen LogP contribution is 2.46. The largest absolute Gasteiger partial charge is 0.331 e. The summed E-state index contributed by atoms with van der Waals surface area (Å²) >= 11 is 0. The molecule has 1 heterocycles. The number of likely N-dealkylation sites (tertiary alicyclic amines) is 1. The summed E-state index contributed by atoms with van der Waals surface area (Å²) in [6.07, 6.45) is 0.337. The molecule has 0 aromatic rings. The molecular formula is C14H28N2O6P2. The Morgan fingerprint density at radius 2 is 1.75 bits per heavy atom. The van der Waals surface area contributed by atoms with Crippen LogP contribution < -0.4 is 0 Å². The van der Waals surface area contributed by atoms with Crippen molar-refractivity contribution >= 4 is 26.6 Å². The van der Waals surface area contributed by atoms with E-state index in [2.05, 4.69) is 0 Å². The molecule has 0 bridgehead atoms. The Morgan fingerprint density at radius 3 is 2.25 bits per heavy atom. The van der Waals surface area contributed by atoms with Gasteiger partial charge >= 0.3 is 0 Å². The van der Waals surface area contributed by atoms with Crippen molar-refractivity contribution in [1.29, 1.82) is 0 Å². The third kappa shape index (κ3) is 5.99. The Bertz CT molecular complexity index is 567. The molecule has 1 aliphatic heterocycles. The molecule has 1 aliphatic rings. The van der Waals surface area contributed by atoms with Gasteiger partial charge in [0.15, 0.2) is 0 Å². The molecule has 8 nitrogen and oxygen atoms in total. The number of nitrogens with zero attached hydrogens (tertiary/aromatic N) is 2. The first-order valence-corrected chi connectivity index (χ1v) is 12.5. The summed E-state index contributed by atoms with van der Waals surface area (Å²) in [7, 11) is -5.89. The third-order valence-corrected chi connectivity index (χ3v) is 6.97. The molecule has 0 aromatic heterocycles. The minimum absolute atomic E-state index is 0.0250. The van der Waals surface area contributed by atoms with E-state index >= 15 is 0 Å². The molecule has 24 heavy (non-hydrogen) atoms. The Hall–Kier alpha value is -0.680. The van der Waals surface area contributed by atoms with E-state index in [1.807, 2.05) is 0 Å². The lowest BCUT2D eigenvalue weighted by Crippen LogP contribution is -2.45. The summed E-state index contributed by atoms with van der Waals surface area (Å²) < 4.78 is 35.1. The van der Waals surface area contributed by atoms with Crippen LogP contribution in [0.3, 0.4) is 0 Å². The van der Waals surface area contributed by atoms with E-state index in [-0.39, 0.29) is 31.0 Å². The molecule has 0 aromatic carbocycles. The lowest BCUT2D eigenvalue weighted by molar-refractivity contribution is -0.139. The van der Waals surface area contributed by atoms with E-state index in [0.29, 0.717) is 19.6 Å². The fourth-order valence-corrected chi connectivity index (χ4v) is 5.89. The van der Waals surface area contributed by atoms with Crippen molar-refractivity contribution in [2.75, 3.05) is 45.7 Å². The van der Waals surface area contributed by atoms with Crippen LogP contribution in [0.5, 0.6) is 0 Å². The van der Waals surface area contributed by atoms with Gasteiger partial charge < -0.3 is 18.8 Å². The Kier molecular flexibility index (Phi) is 7.67. The van der Waals surface area contributed by atoms with Crippen molar-refractivity contribution in [3.63, 3.8) is 0 Å². The molecule has 3 atom stereocenters. The molecule has 1 rings (SSSR count). The molecule has 1 fully saturated rings. The first-order valence-electron chi connectivity index (χ1n) is 8.01. The van der Waals surface area contributed by atoms with Crippen LogP contribution >= 0.6 is 14.7 Å². The van der Waals surface area contributed by atoms with Crippen LogP contribution in [0.1, 0.15) is 27.2 Å². The predicted octanol–water partition coefficient (Wildman–Crippen LogP) is 2.24. The lowest BCUT2D eigenvalue weighted by atomic mass is 10.2. The van der Waals surface area contributed by atoms with Crippen LogP contribution in [-0.2, 0) is 27.8 Å². The van der Waals surface area contributed by atoms with E-state index in [4.69, 9.17) is 9.05 Å². The number of amides is 2. The van der Waals surface area contributed by atoms with Gasteiger partial charge in [0.2, 0.25) is 26.6 Å². The van der Waals surface area contributed by atoms with Crippen molar-refractivity contribution in [2.45, 2.75) is 33.2 Å². The highest BCUT2D eigenvalue weighted by atomic mass is 31.2. The number of rotatable bonds is 9. The summed E-state index contributed by atoms with van der Waals surface area (Å²) in [5, 5.41) is 0. The molecular weight excluding hydrogens is 354 g/mol. The van der Waals surface area contributed by atoms with Gasteiger partial charge in [0.05, 0.1) is 25.8 Å². The van der Waals surface area contributed by atoms with Gasteiger partial charge in [-0.2, -0.15) is 0 Å². The SMILES string of the molecule is CCOP(C)(=O)CN1CCC(N(CP(C)(=O)OCC)C(C)=O)C1=O. The van der Waals surface area contributed by atoms with Gasteiger partial charge in [-0.3, -0.25) is 18.7 Å². The van der Waals surface area contributed by atoms with Gasteiger partial charge in [0.25, 0.3) is 0 Å². The van der Waals surface area contributed by atoms with E-state index in [1.54, 1.807) is 13.8 Å². The lowest BCUT2D eigenvalue weighted by Gasteiger charge is -2.29. The van der Waals surface area contributed by atoms with Gasteiger partial charge in [-0.15, -0.1) is 0 Å². The molecule has 10 heteroatoms. The second-order valence-corrected chi connectivity index (χ2v) is 11.2. The standard InChI is InChI=1S/C14H28N2O6P2/c1-6-21-23(4,19)10-15-9-8-13(14(15)18)16(12(3)17)11-24(5,20)22-7-2/h13H,6-11H2,1-5H3. The predicted molar refractivity (Wildman–Crippen MR) is 92.7 cm³/mol. The highest BCUT2D eigenvalue weighted by molar-refractivity contribution is 7.58. The average molecular weight is 382 g/mol. The van der Waals surface area contributed by atoms with Gasteiger partial charge in [-0.1, -0.05) is 0 Å². The maximum absolute atomic E-state index is 12.6. The number of hydrogen-bond acceptors (Lipinski definition) is 6. The maximum Gasteiger partial charge on any atom is 0.245 e. The van der Waals surface area contributed by atoms with Crippen LogP contribution in [0, 0.1) is 0 Å². The molecule has 0 saturated carbocycles. The topological polar surface area (TPSA) is 93.2 Å². The van der Waals surface area contributed by atoms with E-state index in [9.17, 15) is 18.7 Å². The van der Waals surface area contributed by atoms with E-state index < -0.39 is 20.8 Å². The third-order valence-electron chi connectivity index (χ3n) is 3.69. The van der Waals surface area contributed by atoms with Gasteiger partial charge in [0.1, 0.15) is 6.04 Å².